The zero-order valence-corrected chi connectivity index (χ0v) is 30.8. The smallest absolute Gasteiger partial charge is 0.407 e. The van der Waals surface area contributed by atoms with Crippen LogP contribution in [0.5, 0.6) is 0 Å². The molecule has 284 valence electrons. The Hall–Kier alpha value is -5.97. The van der Waals surface area contributed by atoms with Crippen LogP contribution in [-0.2, 0) is 23.9 Å². The van der Waals surface area contributed by atoms with Gasteiger partial charge in [0, 0.05) is 25.0 Å². The molecule has 4 heterocycles. The van der Waals surface area contributed by atoms with Crippen molar-refractivity contribution >= 4 is 63.6 Å². The van der Waals surface area contributed by atoms with Gasteiger partial charge >= 0.3 is 12.2 Å². The lowest BCUT2D eigenvalue weighted by molar-refractivity contribution is -0.139. The maximum atomic E-state index is 13.6. The molecular formula is C37H42N8O8S. The normalized spacial score (nSPS) is 17.9. The molecule has 16 nitrogen and oxygen atoms in total. The maximum Gasteiger partial charge on any atom is 0.407 e. The molecule has 5 N–H and O–H groups in total. The number of hydrogen-bond acceptors (Lipinski definition) is 9. The molecule has 2 aliphatic rings. The summed E-state index contributed by atoms with van der Waals surface area (Å²) in [4.78, 5) is 86.2. The SMILES string of the molecule is COC(=O)N[C@H](C(=O)N1CCC[C@H]1C(=O)Nc1cn2cc(-c3cccc(NC(=O)[C@@H]4CCCN4C(=O)[C@H](NC(=O)O)c4ccccc4)c3)sc2n1)C(C)C. The molecule has 2 aromatic heterocycles. The third kappa shape index (κ3) is 8.30. The van der Waals surface area contributed by atoms with Gasteiger partial charge in [0.25, 0.3) is 5.91 Å². The van der Waals surface area contributed by atoms with Crippen molar-refractivity contribution in [3.8, 4) is 10.4 Å². The minimum Gasteiger partial charge on any atom is -0.465 e. The van der Waals surface area contributed by atoms with Crippen molar-refractivity contribution in [1.29, 1.82) is 0 Å². The molecule has 0 radical (unpaired) electrons. The number of ether oxygens (including phenoxy) is 1. The number of methoxy groups -OCH3 is 1. The summed E-state index contributed by atoms with van der Waals surface area (Å²) in [7, 11) is 1.23. The van der Waals surface area contributed by atoms with E-state index in [1.54, 1.807) is 53.1 Å². The van der Waals surface area contributed by atoms with Gasteiger partial charge in [-0.25, -0.2) is 14.6 Å². The van der Waals surface area contributed by atoms with Crippen molar-refractivity contribution < 1.29 is 38.6 Å². The van der Waals surface area contributed by atoms with Crippen LogP contribution in [0, 0.1) is 5.92 Å². The van der Waals surface area contributed by atoms with Crippen LogP contribution in [0.4, 0.5) is 21.1 Å². The molecule has 2 aromatic carbocycles. The summed E-state index contributed by atoms with van der Waals surface area (Å²) in [6.45, 7) is 4.33. The molecule has 4 aromatic rings. The molecule has 0 bridgehead atoms. The number of carboxylic acid groups (broad SMARTS) is 1. The Morgan fingerprint density at radius 1 is 0.852 bits per heavy atom. The molecule has 6 amide bonds. The number of rotatable bonds is 11. The number of carbonyl (C=O) groups is 6. The van der Waals surface area contributed by atoms with Crippen LogP contribution in [0.3, 0.4) is 0 Å². The van der Waals surface area contributed by atoms with Crippen LogP contribution >= 0.6 is 11.3 Å². The van der Waals surface area contributed by atoms with Crippen LogP contribution in [0.1, 0.15) is 51.1 Å². The van der Waals surface area contributed by atoms with E-state index in [1.807, 2.05) is 32.2 Å². The Morgan fingerprint density at radius 2 is 1.52 bits per heavy atom. The van der Waals surface area contributed by atoms with Crippen molar-refractivity contribution in [2.45, 2.75) is 63.7 Å². The average molecular weight is 759 g/mol. The van der Waals surface area contributed by atoms with Crippen molar-refractivity contribution in [3.63, 3.8) is 0 Å². The highest BCUT2D eigenvalue weighted by atomic mass is 32.1. The van der Waals surface area contributed by atoms with E-state index in [0.717, 1.165) is 10.4 Å². The van der Waals surface area contributed by atoms with Gasteiger partial charge in [-0.3, -0.25) is 23.6 Å². The van der Waals surface area contributed by atoms with Gasteiger partial charge in [-0.2, -0.15) is 0 Å². The highest BCUT2D eigenvalue weighted by molar-refractivity contribution is 7.20. The molecule has 2 aliphatic heterocycles. The Kier molecular flexibility index (Phi) is 11.4. The van der Waals surface area contributed by atoms with Gasteiger partial charge in [-0.1, -0.05) is 67.6 Å². The number of thiazole rings is 1. The zero-order valence-electron chi connectivity index (χ0n) is 30.0. The van der Waals surface area contributed by atoms with Gasteiger partial charge in [0.05, 0.1) is 18.2 Å². The zero-order chi connectivity index (χ0) is 38.5. The first-order chi connectivity index (χ1) is 25.9. The predicted octanol–water partition coefficient (Wildman–Crippen LogP) is 4.31. The second-order valence-corrected chi connectivity index (χ2v) is 14.5. The largest absolute Gasteiger partial charge is 0.465 e. The molecule has 0 saturated carbocycles. The number of fused-ring (bicyclic) bond motifs is 1. The highest BCUT2D eigenvalue weighted by Crippen LogP contribution is 2.32. The van der Waals surface area contributed by atoms with E-state index in [0.29, 0.717) is 60.8 Å². The quantitative estimate of drug-likeness (QED) is 0.148. The highest BCUT2D eigenvalue weighted by Gasteiger charge is 2.40. The summed E-state index contributed by atoms with van der Waals surface area (Å²) < 4.78 is 6.46. The maximum absolute atomic E-state index is 13.6. The van der Waals surface area contributed by atoms with E-state index in [9.17, 15) is 33.9 Å². The number of benzene rings is 2. The minimum absolute atomic E-state index is 0.219. The molecule has 0 spiro atoms. The first kappa shape index (κ1) is 37.8. The Bertz CT molecular complexity index is 2020. The number of hydrogen-bond donors (Lipinski definition) is 5. The van der Waals surface area contributed by atoms with Crippen LogP contribution in [-0.4, -0.2) is 98.4 Å². The number of nitrogens with zero attached hydrogens (tertiary/aromatic N) is 4. The van der Waals surface area contributed by atoms with Gasteiger partial charge < -0.3 is 40.9 Å². The number of imidazole rings is 1. The monoisotopic (exact) mass is 758 g/mol. The summed E-state index contributed by atoms with van der Waals surface area (Å²) in [5, 5.41) is 20.1. The molecule has 2 fully saturated rings. The molecule has 54 heavy (non-hydrogen) atoms. The van der Waals surface area contributed by atoms with Gasteiger partial charge in [0.2, 0.25) is 17.7 Å². The summed E-state index contributed by atoms with van der Waals surface area (Å²) in [5.41, 5.74) is 1.82. The van der Waals surface area contributed by atoms with Crippen LogP contribution in [0.15, 0.2) is 67.0 Å². The Morgan fingerprint density at radius 3 is 2.15 bits per heavy atom. The molecule has 0 unspecified atom stereocenters. The van der Waals surface area contributed by atoms with E-state index >= 15 is 0 Å². The fraction of sp³-hybridized carbons (Fsp3) is 0.378. The second-order valence-electron chi connectivity index (χ2n) is 13.5. The number of anilines is 2. The number of amides is 6. The van der Waals surface area contributed by atoms with Crippen molar-refractivity contribution in [3.05, 3.63) is 72.6 Å². The summed E-state index contributed by atoms with van der Waals surface area (Å²) in [6, 6.07) is 12.3. The fourth-order valence-corrected chi connectivity index (χ4v) is 7.84. The van der Waals surface area contributed by atoms with Crippen molar-refractivity contribution in [2.24, 2.45) is 5.92 Å². The standard InChI is InChI=1S/C37H42N8O8S/c1-21(2)29(42-37(52)53-3)33(48)44-16-9-15-26(44)32(47)39-28-20-43-19-27(54-35(43)40-28)23-12-7-13-24(18-23)38-31(46)25-14-8-17-45(25)34(49)30(41-36(50)51)22-10-5-4-6-11-22/h4-7,10-13,18-21,25-26,29-30,41H,8-9,14-17H2,1-3H3,(H,38,46)(H,39,47)(H,42,52)(H,50,51)/t25-,26-,29-,30+/m0/s1. The van der Waals surface area contributed by atoms with E-state index in [2.05, 4.69) is 31.0 Å². The third-order valence-corrected chi connectivity index (χ3v) is 10.6. The molecular weight excluding hydrogens is 717 g/mol. The van der Waals surface area contributed by atoms with Gasteiger partial charge in [-0.15, -0.1) is 0 Å². The molecule has 17 heteroatoms. The van der Waals surface area contributed by atoms with E-state index < -0.39 is 42.3 Å². The van der Waals surface area contributed by atoms with Crippen LogP contribution in [0.2, 0.25) is 0 Å². The lowest BCUT2D eigenvalue weighted by Crippen LogP contribution is -2.54. The topological polar surface area (TPSA) is 204 Å². The number of nitrogens with one attached hydrogen (secondary N) is 4. The molecule has 2 saturated heterocycles. The van der Waals surface area contributed by atoms with E-state index in [4.69, 9.17) is 0 Å². The fourth-order valence-electron chi connectivity index (χ4n) is 6.88. The Balaban J connectivity index is 1.10. The number of carbonyl (C=O) groups excluding carboxylic acids is 5. The van der Waals surface area contributed by atoms with E-state index in [-0.39, 0.29) is 23.6 Å². The first-order valence-corrected chi connectivity index (χ1v) is 18.5. The lowest BCUT2D eigenvalue weighted by atomic mass is 10.0. The van der Waals surface area contributed by atoms with E-state index in [1.165, 1.54) is 28.2 Å². The van der Waals surface area contributed by atoms with Gasteiger partial charge in [0.1, 0.15) is 24.2 Å². The number of likely N-dealkylation sites (tertiary alicyclic amines) is 2. The summed E-state index contributed by atoms with van der Waals surface area (Å²) >= 11 is 1.38. The third-order valence-electron chi connectivity index (χ3n) is 9.54. The summed E-state index contributed by atoms with van der Waals surface area (Å²) in [6.07, 6.45) is 3.64. The predicted molar refractivity (Wildman–Crippen MR) is 200 cm³/mol. The summed E-state index contributed by atoms with van der Waals surface area (Å²) in [5.74, 6) is -1.47. The number of aromatic nitrogens is 2. The minimum atomic E-state index is -1.34. The van der Waals surface area contributed by atoms with Crippen molar-refractivity contribution in [2.75, 3.05) is 30.8 Å². The average Bonchev–Trinajstić information content (AvgIpc) is 3.97. The van der Waals surface area contributed by atoms with Gasteiger partial charge in [0.15, 0.2) is 10.8 Å². The number of alkyl carbamates (subject to hydrolysis) is 1. The van der Waals surface area contributed by atoms with Crippen molar-refractivity contribution in [1.82, 2.24) is 29.8 Å². The van der Waals surface area contributed by atoms with Crippen LogP contribution in [0.25, 0.3) is 15.4 Å². The van der Waals surface area contributed by atoms with Gasteiger partial charge in [-0.05, 0) is 54.9 Å². The second kappa shape index (κ2) is 16.4. The molecule has 6 rings (SSSR count). The molecule has 0 aliphatic carbocycles. The first-order valence-electron chi connectivity index (χ1n) is 17.6. The lowest BCUT2D eigenvalue weighted by Gasteiger charge is -2.30. The Labute approximate surface area is 314 Å². The molecule has 4 atom stereocenters. The van der Waals surface area contributed by atoms with Crippen LogP contribution < -0.4 is 21.3 Å².